The van der Waals surface area contributed by atoms with Gasteiger partial charge in [0.05, 0.1) is 5.82 Å². The van der Waals surface area contributed by atoms with Gasteiger partial charge in [-0.1, -0.05) is 54.1 Å². The van der Waals surface area contributed by atoms with E-state index in [0.717, 1.165) is 5.57 Å². The van der Waals surface area contributed by atoms with Crippen LogP contribution in [0, 0.1) is 0 Å². The molecule has 0 N–H and O–H groups in total. The molecule has 0 bridgehead atoms. The van der Waals surface area contributed by atoms with Gasteiger partial charge in [0.15, 0.2) is 0 Å². The summed E-state index contributed by atoms with van der Waals surface area (Å²) < 4.78 is 24.2. The van der Waals surface area contributed by atoms with E-state index < -0.39 is 7.60 Å². The second-order valence-corrected chi connectivity index (χ2v) is 6.68. The van der Waals surface area contributed by atoms with E-state index >= 15 is 0 Å². The van der Waals surface area contributed by atoms with E-state index in [0.29, 0.717) is 11.5 Å². The van der Waals surface area contributed by atoms with E-state index in [1.807, 2.05) is 56.3 Å². The summed E-state index contributed by atoms with van der Waals surface area (Å²) >= 11 is 0. The van der Waals surface area contributed by atoms with Crippen molar-refractivity contribution in [2.45, 2.75) is 13.8 Å². The molecule has 0 atom stereocenters. The number of allylic oxidation sites excluding steroid dienone is 3. The summed E-state index contributed by atoms with van der Waals surface area (Å²) in [6, 6.07) is 18.0. The van der Waals surface area contributed by atoms with Crippen molar-refractivity contribution in [3.63, 3.8) is 0 Å². The average Bonchev–Trinajstić information content (AvgIpc) is 2.48. The summed E-state index contributed by atoms with van der Waals surface area (Å²) in [5.41, 5.74) is 1.10. The molecule has 0 saturated carbocycles. The van der Waals surface area contributed by atoms with E-state index in [4.69, 9.17) is 9.05 Å². The Balaban J connectivity index is 2.25. The monoisotopic (exact) mass is 314 g/mol. The highest BCUT2D eigenvalue weighted by Gasteiger charge is 2.24. The Kier molecular flexibility index (Phi) is 5.62. The van der Waals surface area contributed by atoms with Crippen molar-refractivity contribution >= 4 is 7.60 Å². The van der Waals surface area contributed by atoms with Gasteiger partial charge in [0.1, 0.15) is 11.5 Å². The van der Waals surface area contributed by atoms with E-state index in [-0.39, 0.29) is 0 Å². The maximum atomic E-state index is 13.0. The van der Waals surface area contributed by atoms with E-state index in [1.54, 1.807) is 30.3 Å². The first-order valence-corrected chi connectivity index (χ1v) is 8.60. The van der Waals surface area contributed by atoms with Crippen LogP contribution in [-0.4, -0.2) is 0 Å². The van der Waals surface area contributed by atoms with E-state index in [2.05, 4.69) is 0 Å². The fourth-order valence-electron chi connectivity index (χ4n) is 1.68. The van der Waals surface area contributed by atoms with Crippen LogP contribution < -0.4 is 9.05 Å². The zero-order valence-electron chi connectivity index (χ0n) is 12.7. The molecule has 0 aliphatic heterocycles. The summed E-state index contributed by atoms with van der Waals surface area (Å²) in [6.45, 7) is 3.93. The third-order valence-electron chi connectivity index (χ3n) is 2.65. The van der Waals surface area contributed by atoms with Crippen molar-refractivity contribution in [2.24, 2.45) is 0 Å². The van der Waals surface area contributed by atoms with Gasteiger partial charge in [-0.3, -0.25) is 0 Å². The Morgan fingerprint density at radius 2 is 1.32 bits per heavy atom. The quantitative estimate of drug-likeness (QED) is 0.498. The SMILES string of the molecule is CC(C)=C/C=C/P(=O)(Oc1ccccc1)Oc1ccccc1. The van der Waals surface area contributed by atoms with Crippen molar-refractivity contribution in [1.29, 1.82) is 0 Å². The van der Waals surface area contributed by atoms with E-state index in [1.165, 1.54) is 5.82 Å². The lowest BCUT2D eigenvalue weighted by Crippen LogP contribution is -1.98. The summed E-state index contributed by atoms with van der Waals surface area (Å²) in [5.74, 6) is 2.48. The van der Waals surface area contributed by atoms with Crippen LogP contribution in [0.15, 0.2) is 84.2 Å². The maximum Gasteiger partial charge on any atom is 0.455 e. The molecule has 2 aromatic carbocycles. The molecule has 0 heterocycles. The summed E-state index contributed by atoms with van der Waals surface area (Å²) in [6.07, 6.45) is 3.55. The predicted molar refractivity (Wildman–Crippen MR) is 90.3 cm³/mol. The van der Waals surface area contributed by atoms with Gasteiger partial charge < -0.3 is 9.05 Å². The van der Waals surface area contributed by atoms with Gasteiger partial charge in [0.25, 0.3) is 0 Å². The van der Waals surface area contributed by atoms with Gasteiger partial charge in [-0.25, -0.2) is 4.57 Å². The zero-order chi connectivity index (χ0) is 15.8. The minimum atomic E-state index is -3.44. The molecule has 4 heteroatoms. The minimum Gasteiger partial charge on any atom is -0.413 e. The Labute approximate surface area is 131 Å². The van der Waals surface area contributed by atoms with Crippen molar-refractivity contribution in [1.82, 2.24) is 0 Å². The van der Waals surface area contributed by atoms with Gasteiger partial charge in [-0.2, -0.15) is 0 Å². The van der Waals surface area contributed by atoms with Crippen molar-refractivity contribution in [3.05, 3.63) is 84.2 Å². The Hall–Kier alpha value is -2.25. The first-order valence-electron chi connectivity index (χ1n) is 6.99. The molecule has 0 aromatic heterocycles. The fourth-order valence-corrected chi connectivity index (χ4v) is 2.96. The maximum absolute atomic E-state index is 13.0. The molecule has 0 fully saturated rings. The minimum absolute atomic E-state index is 0.503. The lowest BCUT2D eigenvalue weighted by Gasteiger charge is -2.16. The first kappa shape index (κ1) is 16.1. The van der Waals surface area contributed by atoms with Crippen LogP contribution >= 0.6 is 7.60 Å². The van der Waals surface area contributed by atoms with Gasteiger partial charge in [0, 0.05) is 0 Å². The van der Waals surface area contributed by atoms with Crippen LogP contribution in [0.1, 0.15) is 13.8 Å². The van der Waals surface area contributed by atoms with Gasteiger partial charge in [-0.05, 0) is 38.1 Å². The molecule has 0 unspecified atom stereocenters. The van der Waals surface area contributed by atoms with Crippen LogP contribution in [0.2, 0.25) is 0 Å². The number of hydrogen-bond acceptors (Lipinski definition) is 3. The highest BCUT2D eigenvalue weighted by Crippen LogP contribution is 2.49. The number of hydrogen-bond donors (Lipinski definition) is 0. The lowest BCUT2D eigenvalue weighted by atomic mass is 10.3. The molecule has 0 radical (unpaired) electrons. The Morgan fingerprint density at radius 1 is 0.864 bits per heavy atom. The molecule has 0 aliphatic rings. The van der Waals surface area contributed by atoms with E-state index in [9.17, 15) is 4.57 Å². The second-order valence-electron chi connectivity index (χ2n) is 4.93. The predicted octanol–water partition coefficient (Wildman–Crippen LogP) is 5.82. The fraction of sp³-hybridized carbons (Fsp3) is 0.111. The number of benzene rings is 2. The standard InChI is InChI=1S/C18H19O3P/c1-16(2)10-9-15-22(19,20-17-11-5-3-6-12-17)21-18-13-7-4-8-14-18/h3-15H,1-2H3/b15-9+. The van der Waals surface area contributed by atoms with Crippen molar-refractivity contribution < 1.29 is 13.6 Å². The summed E-state index contributed by atoms with van der Waals surface area (Å²) in [4.78, 5) is 0. The molecule has 2 aromatic rings. The van der Waals surface area contributed by atoms with Crippen LogP contribution in [0.4, 0.5) is 0 Å². The highest BCUT2D eigenvalue weighted by atomic mass is 31.2. The topological polar surface area (TPSA) is 35.5 Å². The Bertz CT molecular complexity index is 641. The third-order valence-corrected chi connectivity index (χ3v) is 4.12. The normalized spacial score (nSPS) is 11.2. The zero-order valence-corrected chi connectivity index (χ0v) is 13.6. The largest absolute Gasteiger partial charge is 0.455 e. The molecule has 0 amide bonds. The second kappa shape index (κ2) is 7.67. The van der Waals surface area contributed by atoms with Crippen LogP contribution in [0.5, 0.6) is 11.5 Å². The average molecular weight is 314 g/mol. The van der Waals surface area contributed by atoms with Gasteiger partial charge in [-0.15, -0.1) is 0 Å². The van der Waals surface area contributed by atoms with Gasteiger partial charge in [0.2, 0.25) is 0 Å². The molecular weight excluding hydrogens is 295 g/mol. The van der Waals surface area contributed by atoms with Crippen molar-refractivity contribution in [3.8, 4) is 11.5 Å². The van der Waals surface area contributed by atoms with Crippen molar-refractivity contribution in [2.75, 3.05) is 0 Å². The number of para-hydroxylation sites is 2. The smallest absolute Gasteiger partial charge is 0.413 e. The highest BCUT2D eigenvalue weighted by molar-refractivity contribution is 7.58. The first-order chi connectivity index (χ1) is 10.6. The summed E-state index contributed by atoms with van der Waals surface area (Å²) in [7, 11) is -3.44. The third kappa shape index (κ3) is 5.27. The van der Waals surface area contributed by atoms with Crippen LogP contribution in [-0.2, 0) is 4.57 Å². The van der Waals surface area contributed by atoms with Gasteiger partial charge >= 0.3 is 7.60 Å². The molecule has 114 valence electrons. The molecule has 22 heavy (non-hydrogen) atoms. The molecule has 0 aliphatic carbocycles. The molecule has 3 nitrogen and oxygen atoms in total. The molecule has 0 saturated heterocycles. The molecule has 2 rings (SSSR count). The lowest BCUT2D eigenvalue weighted by molar-refractivity contribution is 0.398. The van der Waals surface area contributed by atoms with Crippen LogP contribution in [0.3, 0.4) is 0 Å². The summed E-state index contributed by atoms with van der Waals surface area (Å²) in [5, 5.41) is 0. The Morgan fingerprint density at radius 3 is 1.73 bits per heavy atom. The van der Waals surface area contributed by atoms with Crippen LogP contribution in [0.25, 0.3) is 0 Å². The number of rotatable bonds is 6. The molecular formula is C18H19O3P. The molecule has 0 spiro atoms.